The molecule has 19 heavy (non-hydrogen) atoms. The fourth-order valence-corrected chi connectivity index (χ4v) is 1.96. The van der Waals surface area contributed by atoms with Crippen molar-refractivity contribution in [2.45, 2.75) is 13.5 Å². The maximum Gasteiger partial charge on any atom is 0.129 e. The third-order valence-corrected chi connectivity index (χ3v) is 3.02. The van der Waals surface area contributed by atoms with Crippen LogP contribution in [-0.4, -0.2) is 43.8 Å². The Morgan fingerprint density at radius 2 is 2.16 bits per heavy atom. The van der Waals surface area contributed by atoms with E-state index in [1.54, 1.807) is 7.11 Å². The molecular formula is C14H22N2O2S. The van der Waals surface area contributed by atoms with Crippen molar-refractivity contribution >= 4 is 17.2 Å². The Kier molecular flexibility index (Phi) is 6.77. The van der Waals surface area contributed by atoms with Gasteiger partial charge < -0.3 is 15.2 Å². The number of rotatable bonds is 8. The maximum atomic E-state index is 5.71. The average molecular weight is 282 g/mol. The number of methoxy groups -OCH3 is 1. The van der Waals surface area contributed by atoms with Crippen molar-refractivity contribution in [3.8, 4) is 5.75 Å². The second-order valence-corrected chi connectivity index (χ2v) is 4.77. The number of nitrogens with zero attached hydrogens (tertiary/aromatic N) is 1. The summed E-state index contributed by atoms with van der Waals surface area (Å²) in [7, 11) is 3.68. The summed E-state index contributed by atoms with van der Waals surface area (Å²) < 4.78 is 10.6. The summed E-state index contributed by atoms with van der Waals surface area (Å²) in [5.74, 6) is 0.716. The van der Waals surface area contributed by atoms with Crippen LogP contribution in [0.2, 0.25) is 0 Å². The highest BCUT2D eigenvalue weighted by Gasteiger charge is 2.08. The quantitative estimate of drug-likeness (QED) is 0.582. The molecule has 2 N–H and O–H groups in total. The number of benzene rings is 1. The fourth-order valence-electron chi connectivity index (χ4n) is 1.80. The normalized spacial score (nSPS) is 10.7. The predicted molar refractivity (Wildman–Crippen MR) is 81.7 cm³/mol. The summed E-state index contributed by atoms with van der Waals surface area (Å²) in [5.41, 5.74) is 7.65. The van der Waals surface area contributed by atoms with E-state index in [0.717, 1.165) is 37.4 Å². The Morgan fingerprint density at radius 1 is 1.42 bits per heavy atom. The smallest absolute Gasteiger partial charge is 0.129 e. The van der Waals surface area contributed by atoms with Crippen molar-refractivity contribution in [2.24, 2.45) is 5.73 Å². The van der Waals surface area contributed by atoms with Crippen LogP contribution in [0.1, 0.15) is 18.1 Å². The van der Waals surface area contributed by atoms with Gasteiger partial charge >= 0.3 is 0 Å². The summed E-state index contributed by atoms with van der Waals surface area (Å²) in [5, 5.41) is 0. The Bertz CT molecular complexity index is 424. The molecule has 0 bridgehead atoms. The molecule has 0 saturated carbocycles. The van der Waals surface area contributed by atoms with Crippen LogP contribution in [0.4, 0.5) is 0 Å². The van der Waals surface area contributed by atoms with Crippen LogP contribution in [0.25, 0.3) is 0 Å². The van der Waals surface area contributed by atoms with E-state index in [1.807, 2.05) is 25.1 Å². The lowest BCUT2D eigenvalue weighted by molar-refractivity contribution is 0.120. The molecule has 106 valence electrons. The van der Waals surface area contributed by atoms with Crippen LogP contribution in [0.5, 0.6) is 5.75 Å². The molecule has 0 atom stereocenters. The Labute approximate surface area is 120 Å². The Balaban J connectivity index is 2.68. The minimum absolute atomic E-state index is 0.357. The van der Waals surface area contributed by atoms with E-state index in [9.17, 15) is 0 Å². The van der Waals surface area contributed by atoms with Crippen LogP contribution in [-0.2, 0) is 11.3 Å². The molecule has 4 nitrogen and oxygen atoms in total. The van der Waals surface area contributed by atoms with Crippen molar-refractivity contribution in [2.75, 3.05) is 33.9 Å². The fraction of sp³-hybridized carbons (Fsp3) is 0.500. The van der Waals surface area contributed by atoms with E-state index >= 15 is 0 Å². The average Bonchev–Trinajstić information content (AvgIpc) is 2.39. The molecule has 0 unspecified atom stereocenters. The van der Waals surface area contributed by atoms with Gasteiger partial charge in [0.2, 0.25) is 0 Å². The standard InChI is InChI=1S/C14H22N2O2S/c1-4-18-8-7-16(2)10-11-5-6-13(17-3)12(9-11)14(15)19/h5-6,9H,4,7-8,10H2,1-3H3,(H2,15,19). The highest BCUT2D eigenvalue weighted by Crippen LogP contribution is 2.20. The molecule has 1 aromatic rings. The summed E-state index contributed by atoms with van der Waals surface area (Å²) >= 11 is 5.04. The number of ether oxygens (including phenoxy) is 2. The van der Waals surface area contributed by atoms with Gasteiger partial charge in [-0.25, -0.2) is 0 Å². The van der Waals surface area contributed by atoms with Crippen LogP contribution in [0.3, 0.4) is 0 Å². The first-order chi connectivity index (χ1) is 9.08. The third-order valence-electron chi connectivity index (χ3n) is 2.80. The van der Waals surface area contributed by atoms with Gasteiger partial charge in [0.25, 0.3) is 0 Å². The van der Waals surface area contributed by atoms with Crippen molar-refractivity contribution in [3.63, 3.8) is 0 Å². The lowest BCUT2D eigenvalue weighted by Gasteiger charge is -2.17. The van der Waals surface area contributed by atoms with Gasteiger partial charge in [-0.2, -0.15) is 0 Å². The molecule has 0 aliphatic carbocycles. The molecule has 0 heterocycles. The molecule has 1 aromatic carbocycles. The van der Waals surface area contributed by atoms with E-state index in [2.05, 4.69) is 11.9 Å². The number of hydrogen-bond acceptors (Lipinski definition) is 4. The zero-order chi connectivity index (χ0) is 14.3. The molecule has 0 aliphatic heterocycles. The predicted octanol–water partition coefficient (Wildman–Crippen LogP) is 1.80. The first-order valence-electron chi connectivity index (χ1n) is 6.31. The zero-order valence-electron chi connectivity index (χ0n) is 11.8. The van der Waals surface area contributed by atoms with E-state index in [-0.39, 0.29) is 0 Å². The van der Waals surface area contributed by atoms with Gasteiger partial charge in [0.1, 0.15) is 10.7 Å². The maximum absolute atomic E-state index is 5.71. The Hall–Kier alpha value is -1.17. The van der Waals surface area contributed by atoms with Gasteiger partial charge in [0.15, 0.2) is 0 Å². The van der Waals surface area contributed by atoms with Gasteiger partial charge in [0, 0.05) is 19.7 Å². The minimum atomic E-state index is 0.357. The second-order valence-electron chi connectivity index (χ2n) is 4.33. The molecule has 1 rings (SSSR count). The van der Waals surface area contributed by atoms with Gasteiger partial charge in [-0.3, -0.25) is 4.90 Å². The number of thiocarbonyl (C=S) groups is 1. The molecule has 0 amide bonds. The molecule has 0 aromatic heterocycles. The molecule has 0 saturated heterocycles. The highest BCUT2D eigenvalue weighted by atomic mass is 32.1. The lowest BCUT2D eigenvalue weighted by atomic mass is 10.1. The van der Waals surface area contributed by atoms with Gasteiger partial charge in [0.05, 0.1) is 19.3 Å². The highest BCUT2D eigenvalue weighted by molar-refractivity contribution is 7.80. The molecular weight excluding hydrogens is 260 g/mol. The number of hydrogen-bond donors (Lipinski definition) is 1. The van der Waals surface area contributed by atoms with Gasteiger partial charge in [-0.15, -0.1) is 0 Å². The third kappa shape index (κ3) is 5.14. The van der Waals surface area contributed by atoms with E-state index < -0.39 is 0 Å². The first-order valence-corrected chi connectivity index (χ1v) is 6.72. The topological polar surface area (TPSA) is 47.7 Å². The van der Waals surface area contributed by atoms with Gasteiger partial charge in [-0.05, 0) is 31.7 Å². The van der Waals surface area contributed by atoms with E-state index in [0.29, 0.717) is 10.7 Å². The summed E-state index contributed by atoms with van der Waals surface area (Å²) in [6.45, 7) is 5.21. The molecule has 0 radical (unpaired) electrons. The number of likely N-dealkylation sites (N-methyl/N-ethyl adjacent to an activating group) is 1. The van der Waals surface area contributed by atoms with Crippen molar-refractivity contribution in [1.82, 2.24) is 4.90 Å². The Morgan fingerprint density at radius 3 is 2.74 bits per heavy atom. The van der Waals surface area contributed by atoms with Crippen LogP contribution >= 0.6 is 12.2 Å². The van der Waals surface area contributed by atoms with Crippen LogP contribution in [0.15, 0.2) is 18.2 Å². The van der Waals surface area contributed by atoms with E-state index in [4.69, 9.17) is 27.4 Å². The van der Waals surface area contributed by atoms with Gasteiger partial charge in [-0.1, -0.05) is 18.3 Å². The zero-order valence-corrected chi connectivity index (χ0v) is 12.6. The second kappa shape index (κ2) is 8.09. The molecule has 0 spiro atoms. The summed E-state index contributed by atoms with van der Waals surface area (Å²) in [6, 6.07) is 5.91. The SMILES string of the molecule is CCOCCN(C)Cc1ccc(OC)c(C(N)=S)c1. The lowest BCUT2D eigenvalue weighted by Crippen LogP contribution is -2.23. The van der Waals surface area contributed by atoms with Crippen LogP contribution in [0, 0.1) is 0 Å². The van der Waals surface area contributed by atoms with Crippen molar-refractivity contribution in [1.29, 1.82) is 0 Å². The molecule has 5 heteroatoms. The first kappa shape index (κ1) is 15.9. The summed E-state index contributed by atoms with van der Waals surface area (Å²) in [4.78, 5) is 2.55. The van der Waals surface area contributed by atoms with Crippen molar-refractivity contribution < 1.29 is 9.47 Å². The monoisotopic (exact) mass is 282 g/mol. The molecule has 0 aliphatic rings. The molecule has 0 fully saturated rings. The summed E-state index contributed by atoms with van der Waals surface area (Å²) in [6.07, 6.45) is 0. The van der Waals surface area contributed by atoms with Crippen LogP contribution < -0.4 is 10.5 Å². The largest absolute Gasteiger partial charge is 0.496 e. The van der Waals surface area contributed by atoms with Crippen molar-refractivity contribution in [3.05, 3.63) is 29.3 Å². The minimum Gasteiger partial charge on any atom is -0.496 e. The van der Waals surface area contributed by atoms with E-state index in [1.165, 1.54) is 0 Å². The number of nitrogens with two attached hydrogens (primary N) is 1.